The minimum Gasteiger partial charge on any atom is -0.357 e. The summed E-state index contributed by atoms with van der Waals surface area (Å²) in [7, 11) is -2.62. The second-order valence-electron chi connectivity index (χ2n) is 8.46. The van der Waals surface area contributed by atoms with E-state index >= 15 is 0 Å². The SMILES string of the molecule is CC[C@H](C(=O)NC)N(Cc1ccccc1Cl)C(=O)CN(c1cccc(Br)c1)S(=O)(=O)c1ccc(C)cc1. The summed E-state index contributed by atoms with van der Waals surface area (Å²) in [6.07, 6.45) is 0.331. The van der Waals surface area contributed by atoms with Crippen LogP contribution < -0.4 is 9.62 Å². The lowest BCUT2D eigenvalue weighted by molar-refractivity contribution is -0.140. The summed E-state index contributed by atoms with van der Waals surface area (Å²) in [6.45, 7) is 3.19. The fourth-order valence-electron chi connectivity index (χ4n) is 3.89. The normalized spacial score (nSPS) is 12.0. The number of benzene rings is 3. The molecule has 0 bridgehead atoms. The molecular formula is C27H29BrClN3O4S. The van der Waals surface area contributed by atoms with Gasteiger partial charge in [0.1, 0.15) is 12.6 Å². The maximum absolute atomic E-state index is 13.9. The molecule has 37 heavy (non-hydrogen) atoms. The molecule has 0 aliphatic heterocycles. The minimum atomic E-state index is -4.12. The fourth-order valence-corrected chi connectivity index (χ4v) is 5.88. The van der Waals surface area contributed by atoms with E-state index in [9.17, 15) is 18.0 Å². The lowest BCUT2D eigenvalue weighted by Crippen LogP contribution is -2.51. The number of sulfonamides is 1. The van der Waals surface area contributed by atoms with Gasteiger partial charge >= 0.3 is 0 Å². The molecule has 0 aliphatic carbocycles. The van der Waals surface area contributed by atoms with Crippen molar-refractivity contribution >= 4 is 55.1 Å². The Balaban J connectivity index is 2.07. The van der Waals surface area contributed by atoms with Gasteiger partial charge in [-0.25, -0.2) is 8.42 Å². The van der Waals surface area contributed by atoms with Crippen LogP contribution in [-0.4, -0.2) is 44.8 Å². The van der Waals surface area contributed by atoms with Crippen molar-refractivity contribution in [3.05, 3.63) is 93.4 Å². The van der Waals surface area contributed by atoms with Crippen molar-refractivity contribution in [2.45, 2.75) is 37.8 Å². The number of hydrogen-bond donors (Lipinski definition) is 1. The van der Waals surface area contributed by atoms with Gasteiger partial charge in [-0.1, -0.05) is 76.4 Å². The van der Waals surface area contributed by atoms with E-state index in [1.165, 1.54) is 24.1 Å². The molecule has 1 atom stereocenters. The summed E-state index contributed by atoms with van der Waals surface area (Å²) < 4.78 is 29.3. The Bertz CT molecular complexity index is 1370. The number of rotatable bonds is 10. The lowest BCUT2D eigenvalue weighted by Gasteiger charge is -2.33. The van der Waals surface area contributed by atoms with Crippen molar-refractivity contribution in [1.29, 1.82) is 0 Å². The van der Waals surface area contributed by atoms with Crippen LogP contribution in [0.4, 0.5) is 5.69 Å². The number of aryl methyl sites for hydroxylation is 1. The van der Waals surface area contributed by atoms with Crippen LogP contribution in [0, 0.1) is 6.92 Å². The molecule has 3 aromatic carbocycles. The van der Waals surface area contributed by atoms with Crippen molar-refractivity contribution in [3.63, 3.8) is 0 Å². The van der Waals surface area contributed by atoms with Crippen molar-refractivity contribution in [2.24, 2.45) is 0 Å². The second kappa shape index (κ2) is 12.6. The Labute approximate surface area is 231 Å². The number of amides is 2. The van der Waals surface area contributed by atoms with Gasteiger partial charge in [-0.3, -0.25) is 13.9 Å². The van der Waals surface area contributed by atoms with Crippen molar-refractivity contribution < 1.29 is 18.0 Å². The topological polar surface area (TPSA) is 86.8 Å². The standard InChI is InChI=1S/C27H29BrClN3O4S/c1-4-25(27(34)30-3)31(17-20-8-5-6-11-24(20)29)26(33)18-32(22-10-7-9-21(28)16-22)37(35,36)23-14-12-19(2)13-15-23/h5-16,25H,4,17-18H2,1-3H3,(H,30,34)/t25-/m1/s1. The third-order valence-electron chi connectivity index (χ3n) is 5.91. The van der Waals surface area contributed by atoms with Gasteiger partial charge in [0.15, 0.2) is 0 Å². The van der Waals surface area contributed by atoms with E-state index in [0.29, 0.717) is 27.2 Å². The first kappa shape index (κ1) is 28.7. The highest BCUT2D eigenvalue weighted by Gasteiger charge is 2.33. The zero-order valence-corrected chi connectivity index (χ0v) is 24.0. The molecule has 0 aliphatic rings. The van der Waals surface area contributed by atoms with Crippen LogP contribution in [0.25, 0.3) is 0 Å². The van der Waals surface area contributed by atoms with Crippen LogP contribution in [0.3, 0.4) is 0 Å². The van der Waals surface area contributed by atoms with Crippen LogP contribution >= 0.6 is 27.5 Å². The Morgan fingerprint density at radius 1 is 1.03 bits per heavy atom. The molecule has 10 heteroatoms. The molecule has 196 valence electrons. The van der Waals surface area contributed by atoms with E-state index in [0.717, 1.165) is 9.87 Å². The minimum absolute atomic E-state index is 0.0430. The van der Waals surface area contributed by atoms with Gasteiger partial charge in [-0.2, -0.15) is 0 Å². The number of anilines is 1. The Hall–Kier alpha value is -2.88. The lowest BCUT2D eigenvalue weighted by atomic mass is 10.1. The second-order valence-corrected chi connectivity index (χ2v) is 11.6. The maximum atomic E-state index is 13.9. The molecule has 0 saturated carbocycles. The number of nitrogens with one attached hydrogen (secondary N) is 1. The molecule has 0 saturated heterocycles. The molecule has 0 aromatic heterocycles. The zero-order chi connectivity index (χ0) is 27.2. The van der Waals surface area contributed by atoms with Gasteiger partial charge in [0.2, 0.25) is 11.8 Å². The van der Waals surface area contributed by atoms with Crippen LogP contribution in [-0.2, 0) is 26.2 Å². The van der Waals surface area contributed by atoms with E-state index in [4.69, 9.17) is 11.6 Å². The predicted octanol–water partition coefficient (Wildman–Crippen LogP) is 5.16. The predicted molar refractivity (Wildman–Crippen MR) is 150 cm³/mol. The Morgan fingerprint density at radius 2 is 1.70 bits per heavy atom. The summed E-state index contributed by atoms with van der Waals surface area (Å²) in [5.41, 5.74) is 1.87. The van der Waals surface area contributed by atoms with Gasteiger partial charge in [0.25, 0.3) is 10.0 Å². The molecule has 0 spiro atoms. The molecule has 0 radical (unpaired) electrons. The van der Waals surface area contributed by atoms with Crippen LogP contribution in [0.1, 0.15) is 24.5 Å². The number of likely N-dealkylation sites (N-methyl/N-ethyl adjacent to an activating group) is 1. The van der Waals surface area contributed by atoms with Gasteiger partial charge in [-0.05, 0) is 55.3 Å². The summed E-state index contributed by atoms with van der Waals surface area (Å²) >= 11 is 9.76. The molecule has 0 unspecified atom stereocenters. The highest BCUT2D eigenvalue weighted by Crippen LogP contribution is 2.28. The first-order valence-electron chi connectivity index (χ1n) is 11.7. The van der Waals surface area contributed by atoms with E-state index in [-0.39, 0.29) is 17.3 Å². The van der Waals surface area contributed by atoms with E-state index in [1.54, 1.807) is 67.6 Å². The maximum Gasteiger partial charge on any atom is 0.264 e. The zero-order valence-electron chi connectivity index (χ0n) is 20.8. The van der Waals surface area contributed by atoms with Crippen LogP contribution in [0.15, 0.2) is 82.2 Å². The number of nitrogens with zero attached hydrogens (tertiary/aromatic N) is 2. The molecule has 2 amide bonds. The van der Waals surface area contributed by atoms with E-state index in [2.05, 4.69) is 21.2 Å². The quantitative estimate of drug-likeness (QED) is 0.346. The average molecular weight is 607 g/mol. The number of carbonyl (C=O) groups is 2. The highest BCUT2D eigenvalue weighted by molar-refractivity contribution is 9.10. The smallest absolute Gasteiger partial charge is 0.264 e. The molecule has 3 aromatic rings. The summed E-state index contributed by atoms with van der Waals surface area (Å²) in [5, 5.41) is 3.05. The molecular weight excluding hydrogens is 578 g/mol. The van der Waals surface area contributed by atoms with Gasteiger partial charge in [0, 0.05) is 23.1 Å². The first-order chi connectivity index (χ1) is 17.6. The van der Waals surface area contributed by atoms with Crippen molar-refractivity contribution in [3.8, 4) is 0 Å². The van der Waals surface area contributed by atoms with E-state index < -0.39 is 28.5 Å². The van der Waals surface area contributed by atoms with Crippen LogP contribution in [0.2, 0.25) is 5.02 Å². The number of hydrogen-bond acceptors (Lipinski definition) is 4. The van der Waals surface area contributed by atoms with E-state index in [1.807, 2.05) is 6.92 Å². The van der Waals surface area contributed by atoms with Crippen molar-refractivity contribution in [2.75, 3.05) is 17.9 Å². The highest BCUT2D eigenvalue weighted by atomic mass is 79.9. The third-order valence-corrected chi connectivity index (χ3v) is 8.56. The van der Waals surface area contributed by atoms with Crippen molar-refractivity contribution in [1.82, 2.24) is 10.2 Å². The van der Waals surface area contributed by atoms with Gasteiger partial charge in [0.05, 0.1) is 10.6 Å². The van der Waals surface area contributed by atoms with Gasteiger partial charge in [-0.15, -0.1) is 0 Å². The monoisotopic (exact) mass is 605 g/mol. The number of carbonyl (C=O) groups excluding carboxylic acids is 2. The summed E-state index contributed by atoms with van der Waals surface area (Å²) in [5.74, 6) is -0.885. The molecule has 7 nitrogen and oxygen atoms in total. The summed E-state index contributed by atoms with van der Waals surface area (Å²) in [6, 6.07) is 19.4. The molecule has 3 rings (SSSR count). The molecule has 0 fully saturated rings. The fraction of sp³-hybridized carbons (Fsp3) is 0.259. The third kappa shape index (κ3) is 6.91. The van der Waals surface area contributed by atoms with Gasteiger partial charge < -0.3 is 10.2 Å². The largest absolute Gasteiger partial charge is 0.357 e. The van der Waals surface area contributed by atoms with Crippen LogP contribution in [0.5, 0.6) is 0 Å². The Kier molecular flexibility index (Phi) is 9.75. The average Bonchev–Trinajstić information content (AvgIpc) is 2.88. The number of halogens is 2. The first-order valence-corrected chi connectivity index (χ1v) is 14.3. The summed E-state index contributed by atoms with van der Waals surface area (Å²) in [4.78, 5) is 28.0. The molecule has 1 N–H and O–H groups in total. The molecule has 0 heterocycles. The Morgan fingerprint density at radius 3 is 2.30 bits per heavy atom.